The van der Waals surface area contributed by atoms with Gasteiger partial charge in [-0.05, 0) is 26.3 Å². The van der Waals surface area contributed by atoms with Crippen molar-refractivity contribution in [3.05, 3.63) is 0 Å². The van der Waals surface area contributed by atoms with E-state index in [2.05, 4.69) is 19.2 Å². The second kappa shape index (κ2) is 5.54. The maximum absolute atomic E-state index is 10.7. The van der Waals surface area contributed by atoms with Gasteiger partial charge in [0.2, 0.25) is 0 Å². The van der Waals surface area contributed by atoms with Crippen LogP contribution < -0.4 is 5.32 Å². The summed E-state index contributed by atoms with van der Waals surface area (Å²) in [5.74, 6) is 0.288. The first-order valence-electron chi connectivity index (χ1n) is 4.37. The highest BCUT2D eigenvalue weighted by Gasteiger charge is 2.01. The maximum Gasteiger partial charge on any atom is 0.147 e. The first-order chi connectivity index (χ1) is 5.45. The molecule has 0 aromatic rings. The van der Waals surface area contributed by atoms with E-state index in [1.807, 2.05) is 0 Å². The molecule has 0 aromatic carbocycles. The number of hydrogen-bond acceptors (Lipinski definition) is 3. The quantitative estimate of drug-likeness (QED) is 0.635. The summed E-state index contributed by atoms with van der Waals surface area (Å²) in [6.45, 7) is 5.00. The fraction of sp³-hybridized carbons (Fsp3) is 1.00. The molecule has 3 nitrogen and oxygen atoms in total. The Morgan fingerprint density at radius 1 is 1.42 bits per heavy atom. The third kappa shape index (κ3) is 8.01. The van der Waals surface area contributed by atoms with Crippen molar-refractivity contribution in [2.75, 3.05) is 18.6 Å². The van der Waals surface area contributed by atoms with Crippen molar-refractivity contribution >= 4 is 9.84 Å². The molecule has 1 N–H and O–H groups in total. The normalized spacial score (nSPS) is 14.6. The van der Waals surface area contributed by atoms with Gasteiger partial charge in [-0.3, -0.25) is 0 Å². The zero-order valence-corrected chi connectivity index (χ0v) is 8.95. The number of hydrogen-bond donors (Lipinski definition) is 1. The van der Waals surface area contributed by atoms with Crippen LogP contribution in [0.1, 0.15) is 26.7 Å². The summed E-state index contributed by atoms with van der Waals surface area (Å²) in [6.07, 6.45) is 3.07. The van der Waals surface area contributed by atoms with Crippen LogP contribution in [-0.4, -0.2) is 33.0 Å². The molecule has 0 aromatic heterocycles. The lowest BCUT2D eigenvalue weighted by atomic mass is 10.2. The lowest BCUT2D eigenvalue weighted by molar-refractivity contribution is 0.530. The Labute approximate surface area is 75.5 Å². The first kappa shape index (κ1) is 11.9. The molecular formula is C8H19NO2S. The molecule has 0 aliphatic heterocycles. The van der Waals surface area contributed by atoms with Crippen molar-refractivity contribution in [2.45, 2.75) is 32.7 Å². The molecule has 0 bridgehead atoms. The molecule has 0 aliphatic rings. The standard InChI is InChI=1S/C8H19NO2S/c1-4-8(2)9-6-5-7-12(3,10)11/h8-9H,4-7H2,1-3H3. The average molecular weight is 193 g/mol. The van der Waals surface area contributed by atoms with Gasteiger partial charge in [0.15, 0.2) is 0 Å². The topological polar surface area (TPSA) is 46.2 Å². The van der Waals surface area contributed by atoms with Crippen LogP contribution in [0.25, 0.3) is 0 Å². The highest BCUT2D eigenvalue weighted by atomic mass is 32.2. The van der Waals surface area contributed by atoms with Crippen molar-refractivity contribution in [2.24, 2.45) is 0 Å². The molecule has 0 heterocycles. The lowest BCUT2D eigenvalue weighted by Gasteiger charge is -2.09. The zero-order chi connectivity index (χ0) is 9.61. The lowest BCUT2D eigenvalue weighted by Crippen LogP contribution is -2.27. The van der Waals surface area contributed by atoms with Crippen molar-refractivity contribution in [3.63, 3.8) is 0 Å². The third-order valence-corrected chi connectivity index (χ3v) is 2.83. The van der Waals surface area contributed by atoms with E-state index in [1.165, 1.54) is 6.26 Å². The van der Waals surface area contributed by atoms with Gasteiger partial charge in [0.1, 0.15) is 9.84 Å². The smallest absolute Gasteiger partial charge is 0.147 e. The SMILES string of the molecule is CCC(C)NCCCS(C)(=O)=O. The van der Waals surface area contributed by atoms with Crippen LogP contribution in [0.2, 0.25) is 0 Å². The van der Waals surface area contributed by atoms with Crippen LogP contribution in [0.15, 0.2) is 0 Å². The minimum absolute atomic E-state index is 0.288. The molecule has 4 heteroatoms. The van der Waals surface area contributed by atoms with Crippen LogP contribution >= 0.6 is 0 Å². The predicted octanol–water partition coefficient (Wildman–Crippen LogP) is 0.809. The van der Waals surface area contributed by atoms with Gasteiger partial charge in [-0.2, -0.15) is 0 Å². The Balaban J connectivity index is 3.34. The monoisotopic (exact) mass is 193 g/mol. The molecule has 0 saturated heterocycles. The molecule has 0 fully saturated rings. The van der Waals surface area contributed by atoms with Crippen LogP contribution in [0, 0.1) is 0 Å². The molecule has 0 spiro atoms. The fourth-order valence-corrected chi connectivity index (χ4v) is 1.50. The second-order valence-electron chi connectivity index (χ2n) is 3.25. The minimum Gasteiger partial charge on any atom is -0.314 e. The Bertz CT molecular complexity index is 199. The third-order valence-electron chi connectivity index (χ3n) is 1.80. The van der Waals surface area contributed by atoms with E-state index in [4.69, 9.17) is 0 Å². The van der Waals surface area contributed by atoms with Gasteiger partial charge in [0.25, 0.3) is 0 Å². The van der Waals surface area contributed by atoms with Gasteiger partial charge < -0.3 is 5.32 Å². The second-order valence-corrected chi connectivity index (χ2v) is 5.51. The first-order valence-corrected chi connectivity index (χ1v) is 6.43. The Kier molecular flexibility index (Phi) is 5.50. The van der Waals surface area contributed by atoms with E-state index in [0.29, 0.717) is 12.5 Å². The van der Waals surface area contributed by atoms with Gasteiger partial charge in [0.05, 0.1) is 5.75 Å². The van der Waals surface area contributed by atoms with E-state index >= 15 is 0 Å². The largest absolute Gasteiger partial charge is 0.314 e. The van der Waals surface area contributed by atoms with Crippen LogP contribution in [0.3, 0.4) is 0 Å². The van der Waals surface area contributed by atoms with Gasteiger partial charge in [-0.1, -0.05) is 6.92 Å². The van der Waals surface area contributed by atoms with E-state index in [-0.39, 0.29) is 5.75 Å². The van der Waals surface area contributed by atoms with Gasteiger partial charge in [0, 0.05) is 12.3 Å². The summed E-state index contributed by atoms with van der Waals surface area (Å²) < 4.78 is 21.4. The van der Waals surface area contributed by atoms with Crippen LogP contribution in [0.4, 0.5) is 0 Å². The summed E-state index contributed by atoms with van der Waals surface area (Å²) in [5.41, 5.74) is 0. The van der Waals surface area contributed by atoms with Crippen molar-refractivity contribution in [1.82, 2.24) is 5.32 Å². The van der Waals surface area contributed by atoms with Gasteiger partial charge >= 0.3 is 0 Å². The Morgan fingerprint density at radius 3 is 2.42 bits per heavy atom. The van der Waals surface area contributed by atoms with Gasteiger partial charge in [-0.25, -0.2) is 8.42 Å². The zero-order valence-electron chi connectivity index (χ0n) is 8.13. The molecule has 0 rings (SSSR count). The summed E-state index contributed by atoms with van der Waals surface area (Å²) in [5, 5.41) is 3.24. The summed E-state index contributed by atoms with van der Waals surface area (Å²) >= 11 is 0. The van der Waals surface area contributed by atoms with Crippen molar-refractivity contribution in [3.8, 4) is 0 Å². The van der Waals surface area contributed by atoms with E-state index in [0.717, 1.165) is 13.0 Å². The summed E-state index contributed by atoms with van der Waals surface area (Å²) in [6, 6.07) is 0.490. The van der Waals surface area contributed by atoms with E-state index in [9.17, 15) is 8.42 Å². The highest BCUT2D eigenvalue weighted by molar-refractivity contribution is 7.90. The molecular weight excluding hydrogens is 174 g/mol. The number of rotatable bonds is 6. The molecule has 0 saturated carbocycles. The Morgan fingerprint density at radius 2 is 2.00 bits per heavy atom. The van der Waals surface area contributed by atoms with Crippen molar-refractivity contribution in [1.29, 1.82) is 0 Å². The van der Waals surface area contributed by atoms with Crippen molar-refractivity contribution < 1.29 is 8.42 Å². The number of nitrogens with one attached hydrogen (secondary N) is 1. The van der Waals surface area contributed by atoms with E-state index in [1.54, 1.807) is 0 Å². The molecule has 0 aliphatic carbocycles. The van der Waals surface area contributed by atoms with Gasteiger partial charge in [-0.15, -0.1) is 0 Å². The highest BCUT2D eigenvalue weighted by Crippen LogP contribution is 1.90. The molecule has 0 amide bonds. The van der Waals surface area contributed by atoms with Crippen LogP contribution in [0.5, 0.6) is 0 Å². The molecule has 1 atom stereocenters. The molecule has 0 radical (unpaired) electrons. The minimum atomic E-state index is -2.77. The summed E-state index contributed by atoms with van der Waals surface area (Å²) in [4.78, 5) is 0. The van der Waals surface area contributed by atoms with E-state index < -0.39 is 9.84 Å². The Hall–Kier alpha value is -0.0900. The van der Waals surface area contributed by atoms with Crippen LogP contribution in [-0.2, 0) is 9.84 Å². The maximum atomic E-state index is 10.7. The summed E-state index contributed by atoms with van der Waals surface area (Å²) in [7, 11) is -2.77. The average Bonchev–Trinajstić information content (AvgIpc) is 1.96. The molecule has 1 unspecified atom stereocenters. The molecule has 12 heavy (non-hydrogen) atoms. The fourth-order valence-electron chi connectivity index (χ4n) is 0.827. The molecule has 74 valence electrons. The number of sulfone groups is 1. The predicted molar refractivity (Wildman–Crippen MR) is 52.1 cm³/mol.